The van der Waals surface area contributed by atoms with Gasteiger partial charge in [0.2, 0.25) is 0 Å². The molecule has 0 saturated carbocycles. The van der Waals surface area contributed by atoms with Gasteiger partial charge in [-0.25, -0.2) is 15.0 Å². The highest BCUT2D eigenvalue weighted by Gasteiger charge is 2.07. The number of anilines is 2. The molecule has 3 aromatic rings. The van der Waals surface area contributed by atoms with Crippen LogP contribution in [-0.4, -0.2) is 25.9 Å². The number of hydrogen-bond acceptors (Lipinski definition) is 6. The van der Waals surface area contributed by atoms with E-state index in [0.717, 1.165) is 28.8 Å². The van der Waals surface area contributed by atoms with Crippen molar-refractivity contribution in [3.63, 3.8) is 0 Å². The number of aromatic nitrogens is 4. The molecule has 19 heavy (non-hydrogen) atoms. The molecule has 2 N–H and O–H groups in total. The molecule has 3 heterocycles. The highest BCUT2D eigenvalue weighted by atomic mass is 32.1. The molecular weight excluding hydrogens is 260 g/mol. The topological polar surface area (TPSA) is 67.1 Å². The van der Waals surface area contributed by atoms with Gasteiger partial charge in [-0.05, 0) is 6.92 Å². The molecule has 0 aliphatic heterocycles. The summed E-state index contributed by atoms with van der Waals surface area (Å²) in [7, 11) is 0. The third-order valence-corrected chi connectivity index (χ3v) is 3.40. The fraction of sp³-hybridized carbons (Fsp3) is 0.250. The van der Waals surface area contributed by atoms with Gasteiger partial charge in [-0.3, -0.25) is 0 Å². The van der Waals surface area contributed by atoms with Crippen molar-refractivity contribution in [3.8, 4) is 0 Å². The van der Waals surface area contributed by atoms with E-state index in [-0.39, 0.29) is 0 Å². The Hall–Kier alpha value is -2.15. The zero-order chi connectivity index (χ0) is 13.1. The predicted octanol–water partition coefficient (Wildman–Crippen LogP) is 2.23. The van der Waals surface area contributed by atoms with Crippen LogP contribution in [0.25, 0.3) is 5.65 Å². The van der Waals surface area contributed by atoms with Crippen molar-refractivity contribution in [2.75, 3.05) is 17.2 Å². The zero-order valence-corrected chi connectivity index (χ0v) is 11.3. The van der Waals surface area contributed by atoms with Gasteiger partial charge in [0.05, 0.1) is 12.7 Å². The van der Waals surface area contributed by atoms with Crippen LogP contribution < -0.4 is 10.6 Å². The van der Waals surface area contributed by atoms with Crippen molar-refractivity contribution < 1.29 is 0 Å². The number of nitrogens with one attached hydrogen (secondary N) is 2. The van der Waals surface area contributed by atoms with Gasteiger partial charge in [0.1, 0.15) is 10.8 Å². The highest BCUT2D eigenvalue weighted by molar-refractivity contribution is 7.09. The van der Waals surface area contributed by atoms with Crippen molar-refractivity contribution in [2.45, 2.75) is 13.5 Å². The van der Waals surface area contributed by atoms with E-state index in [2.05, 4.69) is 25.6 Å². The fourth-order valence-electron chi connectivity index (χ4n) is 1.82. The van der Waals surface area contributed by atoms with Gasteiger partial charge in [0.15, 0.2) is 11.5 Å². The van der Waals surface area contributed by atoms with Crippen LogP contribution in [0.4, 0.5) is 11.6 Å². The lowest BCUT2D eigenvalue weighted by Crippen LogP contribution is -2.07. The van der Waals surface area contributed by atoms with Gasteiger partial charge in [0.25, 0.3) is 0 Å². The van der Waals surface area contributed by atoms with Crippen molar-refractivity contribution in [1.82, 2.24) is 19.4 Å². The molecule has 0 fully saturated rings. The third-order valence-electron chi connectivity index (χ3n) is 2.62. The standard InChI is InChI=1S/C12H14N6S/c1-2-13-9-8-18-5-3-15-12(18)11(17-9)16-7-10-14-4-6-19-10/h3-6,8,13H,2,7H2,1H3,(H,16,17). The Kier molecular flexibility index (Phi) is 3.28. The Morgan fingerprint density at radius 1 is 1.26 bits per heavy atom. The van der Waals surface area contributed by atoms with E-state index in [0.29, 0.717) is 6.54 Å². The number of hydrogen-bond donors (Lipinski definition) is 2. The van der Waals surface area contributed by atoms with Crippen LogP contribution in [0.1, 0.15) is 11.9 Å². The SMILES string of the molecule is CCNc1cn2ccnc2c(NCc2nccs2)n1. The largest absolute Gasteiger partial charge is 0.369 e. The molecule has 0 atom stereocenters. The molecule has 0 aliphatic rings. The van der Waals surface area contributed by atoms with E-state index >= 15 is 0 Å². The van der Waals surface area contributed by atoms with Crippen LogP contribution >= 0.6 is 11.3 Å². The second-order valence-electron chi connectivity index (χ2n) is 3.94. The first-order valence-corrected chi connectivity index (χ1v) is 6.94. The minimum absolute atomic E-state index is 0.656. The molecule has 0 spiro atoms. The summed E-state index contributed by atoms with van der Waals surface area (Å²) in [5, 5.41) is 9.49. The summed E-state index contributed by atoms with van der Waals surface area (Å²) in [4.78, 5) is 13.1. The Labute approximate surface area is 114 Å². The maximum absolute atomic E-state index is 4.53. The van der Waals surface area contributed by atoms with E-state index in [1.54, 1.807) is 23.7 Å². The van der Waals surface area contributed by atoms with Crippen LogP contribution in [0.15, 0.2) is 30.2 Å². The third kappa shape index (κ3) is 2.50. The summed E-state index contributed by atoms with van der Waals surface area (Å²) in [6.07, 6.45) is 7.41. The van der Waals surface area contributed by atoms with E-state index in [4.69, 9.17) is 0 Å². The average molecular weight is 274 g/mol. The molecule has 6 nitrogen and oxygen atoms in total. The molecule has 0 saturated heterocycles. The summed E-state index contributed by atoms with van der Waals surface area (Å²) in [5.74, 6) is 1.59. The Morgan fingerprint density at radius 2 is 2.21 bits per heavy atom. The Bertz CT molecular complexity index is 660. The number of imidazole rings is 1. The molecule has 98 valence electrons. The summed E-state index contributed by atoms with van der Waals surface area (Å²) >= 11 is 1.62. The van der Waals surface area contributed by atoms with Crippen molar-refractivity contribution in [3.05, 3.63) is 35.2 Å². The van der Waals surface area contributed by atoms with E-state index in [9.17, 15) is 0 Å². The summed E-state index contributed by atoms with van der Waals surface area (Å²) in [6, 6.07) is 0. The van der Waals surface area contributed by atoms with Gasteiger partial charge < -0.3 is 15.0 Å². The molecule has 0 amide bonds. The first-order chi connectivity index (χ1) is 9.36. The monoisotopic (exact) mass is 274 g/mol. The van der Waals surface area contributed by atoms with E-state index < -0.39 is 0 Å². The lowest BCUT2D eigenvalue weighted by atomic mass is 10.5. The quantitative estimate of drug-likeness (QED) is 0.747. The number of nitrogens with zero attached hydrogens (tertiary/aromatic N) is 4. The van der Waals surface area contributed by atoms with Gasteiger partial charge in [-0.1, -0.05) is 0 Å². The zero-order valence-electron chi connectivity index (χ0n) is 10.5. The lowest BCUT2D eigenvalue weighted by Gasteiger charge is -2.09. The molecule has 0 aliphatic carbocycles. The molecule has 0 unspecified atom stereocenters. The van der Waals surface area contributed by atoms with Crippen LogP contribution in [0, 0.1) is 0 Å². The van der Waals surface area contributed by atoms with Crippen LogP contribution in [0.5, 0.6) is 0 Å². The maximum atomic E-state index is 4.53. The lowest BCUT2D eigenvalue weighted by molar-refractivity contribution is 1.04. The smallest absolute Gasteiger partial charge is 0.180 e. The minimum atomic E-state index is 0.656. The molecule has 3 aromatic heterocycles. The highest BCUT2D eigenvalue weighted by Crippen LogP contribution is 2.17. The number of thiazole rings is 1. The maximum Gasteiger partial charge on any atom is 0.180 e. The second-order valence-corrected chi connectivity index (χ2v) is 4.92. The van der Waals surface area contributed by atoms with Crippen LogP contribution in [-0.2, 0) is 6.54 Å². The molecule has 3 rings (SSSR count). The van der Waals surface area contributed by atoms with Crippen molar-refractivity contribution >= 4 is 28.6 Å². The van der Waals surface area contributed by atoms with Crippen LogP contribution in [0.3, 0.4) is 0 Å². The Morgan fingerprint density at radius 3 is 3.00 bits per heavy atom. The fourth-order valence-corrected chi connectivity index (χ4v) is 2.37. The number of rotatable bonds is 5. The first kappa shape index (κ1) is 11.9. The predicted molar refractivity (Wildman–Crippen MR) is 76.6 cm³/mol. The Balaban J connectivity index is 1.89. The average Bonchev–Trinajstić information content (AvgIpc) is 3.07. The molecular formula is C12H14N6S. The summed E-state index contributed by atoms with van der Waals surface area (Å²) < 4.78 is 1.95. The molecule has 0 radical (unpaired) electrons. The van der Waals surface area contributed by atoms with Crippen LogP contribution in [0.2, 0.25) is 0 Å². The van der Waals surface area contributed by atoms with Gasteiger partial charge in [-0.15, -0.1) is 11.3 Å². The van der Waals surface area contributed by atoms with E-state index in [1.165, 1.54) is 0 Å². The molecule has 0 bridgehead atoms. The summed E-state index contributed by atoms with van der Waals surface area (Å²) in [5.41, 5.74) is 0.818. The number of fused-ring (bicyclic) bond motifs is 1. The van der Waals surface area contributed by atoms with Crippen molar-refractivity contribution in [1.29, 1.82) is 0 Å². The first-order valence-electron chi connectivity index (χ1n) is 6.06. The normalized spacial score (nSPS) is 10.8. The van der Waals surface area contributed by atoms with Crippen molar-refractivity contribution in [2.24, 2.45) is 0 Å². The summed E-state index contributed by atoms with van der Waals surface area (Å²) in [6.45, 7) is 3.53. The second kappa shape index (κ2) is 5.23. The van der Waals surface area contributed by atoms with Gasteiger partial charge in [-0.2, -0.15) is 0 Å². The minimum Gasteiger partial charge on any atom is -0.369 e. The van der Waals surface area contributed by atoms with Gasteiger partial charge >= 0.3 is 0 Å². The molecule has 7 heteroatoms. The van der Waals surface area contributed by atoms with Gasteiger partial charge in [0, 0.05) is 30.5 Å². The van der Waals surface area contributed by atoms with E-state index in [1.807, 2.05) is 29.1 Å². The molecule has 0 aromatic carbocycles.